The van der Waals surface area contributed by atoms with Crippen LogP contribution >= 0.6 is 0 Å². The van der Waals surface area contributed by atoms with Gasteiger partial charge < -0.3 is 24.8 Å². The monoisotopic (exact) mass is 592 g/mol. The van der Waals surface area contributed by atoms with E-state index in [4.69, 9.17) is 9.47 Å². The molecular weight excluding hydrogens is 528 g/mol. The van der Waals surface area contributed by atoms with Crippen molar-refractivity contribution in [1.29, 1.82) is 0 Å². The molecule has 0 aliphatic rings. The van der Waals surface area contributed by atoms with E-state index in [1.54, 1.807) is 0 Å². The Morgan fingerprint density at radius 3 is 1.26 bits per heavy atom. The molecule has 0 bridgehead atoms. The van der Waals surface area contributed by atoms with Gasteiger partial charge in [0.2, 0.25) is 11.5 Å². The van der Waals surface area contributed by atoms with Gasteiger partial charge in [-0.05, 0) is 25.7 Å². The van der Waals surface area contributed by atoms with Crippen LogP contribution in [0.2, 0.25) is 0 Å². The Balaban J connectivity index is 2.92. The van der Waals surface area contributed by atoms with Crippen LogP contribution in [0.4, 0.5) is 0 Å². The Hall–Kier alpha value is -2.11. The topological polar surface area (TPSA) is 96.2 Å². The molecule has 1 aromatic carbocycles. The molecule has 6 nitrogen and oxygen atoms in total. The van der Waals surface area contributed by atoms with Crippen LogP contribution in [0.5, 0.6) is 23.0 Å². The molecular formula is C36H64O6. The number of carboxylic acid groups (broad SMARTS) is 1. The number of rotatable bonds is 29. The first-order chi connectivity index (χ1) is 20.5. The smallest absolute Gasteiger partial charge is 0.340 e. The first-order valence-electron chi connectivity index (χ1n) is 17.6. The van der Waals surface area contributed by atoms with E-state index in [0.717, 1.165) is 57.8 Å². The molecule has 0 unspecified atom stereocenters. The number of aromatic hydroxyl groups is 2. The van der Waals surface area contributed by atoms with Gasteiger partial charge in [0, 0.05) is 5.56 Å². The molecule has 244 valence electrons. The molecule has 0 saturated carbocycles. The van der Waals surface area contributed by atoms with Crippen LogP contribution in [0.15, 0.2) is 0 Å². The zero-order valence-electron chi connectivity index (χ0n) is 27.5. The number of ether oxygens (including phenoxy) is 2. The largest absolute Gasteiger partial charge is 0.504 e. The molecule has 0 aliphatic heterocycles. The Morgan fingerprint density at radius 2 is 0.857 bits per heavy atom. The zero-order valence-corrected chi connectivity index (χ0v) is 27.5. The molecule has 0 radical (unpaired) electrons. The average molecular weight is 593 g/mol. The van der Waals surface area contributed by atoms with Crippen molar-refractivity contribution in [2.24, 2.45) is 0 Å². The summed E-state index contributed by atoms with van der Waals surface area (Å²) in [7, 11) is 0. The molecule has 0 heterocycles. The molecule has 0 fully saturated rings. The minimum absolute atomic E-state index is 0.0953. The van der Waals surface area contributed by atoms with Crippen molar-refractivity contribution < 1.29 is 29.6 Å². The van der Waals surface area contributed by atoms with Crippen molar-refractivity contribution in [3.05, 3.63) is 11.1 Å². The van der Waals surface area contributed by atoms with Gasteiger partial charge in [0.1, 0.15) is 5.56 Å². The third kappa shape index (κ3) is 15.9. The van der Waals surface area contributed by atoms with Crippen LogP contribution in [0.1, 0.15) is 184 Å². The van der Waals surface area contributed by atoms with Crippen molar-refractivity contribution in [1.82, 2.24) is 0 Å². The number of aromatic carboxylic acids is 1. The number of benzene rings is 1. The van der Waals surface area contributed by atoms with Crippen LogP contribution in [0.3, 0.4) is 0 Å². The summed E-state index contributed by atoms with van der Waals surface area (Å²) < 4.78 is 12.3. The lowest BCUT2D eigenvalue weighted by molar-refractivity contribution is 0.0690. The summed E-state index contributed by atoms with van der Waals surface area (Å²) >= 11 is 0. The highest BCUT2D eigenvalue weighted by Gasteiger charge is 2.29. The van der Waals surface area contributed by atoms with E-state index < -0.39 is 17.5 Å². The van der Waals surface area contributed by atoms with Crippen LogP contribution in [0.25, 0.3) is 0 Å². The summed E-state index contributed by atoms with van der Waals surface area (Å²) in [6.07, 6.45) is 26.9. The van der Waals surface area contributed by atoms with Crippen molar-refractivity contribution in [2.45, 2.75) is 175 Å². The number of carbonyl (C=O) groups is 1. The number of phenolic OH excluding ortho intramolecular Hbond substituents is 1. The maximum atomic E-state index is 12.2. The lowest BCUT2D eigenvalue weighted by atomic mass is 9.97. The average Bonchev–Trinajstić information content (AvgIpc) is 2.97. The third-order valence-electron chi connectivity index (χ3n) is 8.19. The highest BCUT2D eigenvalue weighted by atomic mass is 16.5. The highest BCUT2D eigenvalue weighted by Crippen LogP contribution is 2.49. The maximum Gasteiger partial charge on any atom is 0.340 e. The van der Waals surface area contributed by atoms with E-state index in [-0.39, 0.29) is 11.3 Å². The third-order valence-corrected chi connectivity index (χ3v) is 8.19. The normalized spacial score (nSPS) is 11.2. The molecule has 0 saturated heterocycles. The fourth-order valence-electron chi connectivity index (χ4n) is 5.56. The molecule has 0 aliphatic carbocycles. The predicted octanol–water partition coefficient (Wildman–Crippen LogP) is 11.1. The van der Waals surface area contributed by atoms with Gasteiger partial charge in [0.15, 0.2) is 11.5 Å². The number of carboxylic acids is 1. The summed E-state index contributed by atoms with van der Waals surface area (Å²) in [5.74, 6) is -2.01. The van der Waals surface area contributed by atoms with Gasteiger partial charge in [-0.15, -0.1) is 0 Å². The molecule has 0 aromatic heterocycles. The molecule has 3 N–H and O–H groups in total. The number of phenols is 2. The molecule has 0 amide bonds. The summed E-state index contributed by atoms with van der Waals surface area (Å²) in [6.45, 7) is 7.47. The van der Waals surface area contributed by atoms with Gasteiger partial charge >= 0.3 is 5.97 Å². The quantitative estimate of drug-likeness (QED) is 0.0632. The Bertz CT molecular complexity index is 822. The molecule has 6 heteroatoms. The van der Waals surface area contributed by atoms with Crippen molar-refractivity contribution in [3.8, 4) is 23.0 Å². The van der Waals surface area contributed by atoms with Gasteiger partial charge in [-0.2, -0.15) is 0 Å². The second-order valence-electron chi connectivity index (χ2n) is 12.0. The Morgan fingerprint density at radius 1 is 0.500 bits per heavy atom. The van der Waals surface area contributed by atoms with Crippen LogP contribution in [-0.2, 0) is 6.42 Å². The van der Waals surface area contributed by atoms with Gasteiger partial charge in [-0.3, -0.25) is 0 Å². The number of unbranched alkanes of at least 4 members (excludes halogenated alkanes) is 20. The van der Waals surface area contributed by atoms with Crippen molar-refractivity contribution >= 4 is 5.97 Å². The zero-order chi connectivity index (χ0) is 30.8. The predicted molar refractivity (Wildman–Crippen MR) is 175 cm³/mol. The van der Waals surface area contributed by atoms with Gasteiger partial charge in [-0.1, -0.05) is 149 Å². The lowest BCUT2D eigenvalue weighted by Gasteiger charge is -2.21. The van der Waals surface area contributed by atoms with Crippen LogP contribution in [-0.4, -0.2) is 34.5 Å². The highest BCUT2D eigenvalue weighted by molar-refractivity contribution is 5.96. The van der Waals surface area contributed by atoms with E-state index in [2.05, 4.69) is 20.8 Å². The Labute approximate surface area is 257 Å². The van der Waals surface area contributed by atoms with Gasteiger partial charge in [0.05, 0.1) is 13.2 Å². The van der Waals surface area contributed by atoms with E-state index in [0.29, 0.717) is 30.9 Å². The SMILES string of the molecule is CCCCCCCCCCOc1c(O)c(O)c(C(=O)O)c(CCCCCCCCC)c1OCCCCCCCCCC. The lowest BCUT2D eigenvalue weighted by Crippen LogP contribution is -2.11. The summed E-state index contributed by atoms with van der Waals surface area (Å²) in [6, 6.07) is 0. The minimum Gasteiger partial charge on any atom is -0.504 e. The van der Waals surface area contributed by atoms with E-state index in [1.807, 2.05) is 0 Å². The van der Waals surface area contributed by atoms with E-state index >= 15 is 0 Å². The summed E-state index contributed by atoms with van der Waals surface area (Å²) in [5, 5.41) is 31.6. The maximum absolute atomic E-state index is 12.2. The number of hydrogen-bond donors (Lipinski definition) is 3. The standard InChI is InChI=1S/C36H64O6/c1-4-7-10-13-16-19-22-25-28-41-34-30(27-24-21-18-15-12-9-6-3)31(36(39)40)32(37)33(38)35(34)42-29-26-23-20-17-14-11-8-5-2/h37-38H,4-29H2,1-3H3,(H,39,40). The molecule has 1 aromatic rings. The summed E-state index contributed by atoms with van der Waals surface area (Å²) in [4.78, 5) is 12.2. The Kier molecular flexibility index (Phi) is 22.9. The van der Waals surface area contributed by atoms with E-state index in [1.165, 1.54) is 89.9 Å². The van der Waals surface area contributed by atoms with Crippen LogP contribution in [0, 0.1) is 0 Å². The first kappa shape index (κ1) is 37.9. The first-order valence-corrected chi connectivity index (χ1v) is 17.6. The van der Waals surface area contributed by atoms with Gasteiger partial charge in [0.25, 0.3) is 0 Å². The van der Waals surface area contributed by atoms with Gasteiger partial charge in [-0.25, -0.2) is 4.79 Å². The van der Waals surface area contributed by atoms with Crippen molar-refractivity contribution in [2.75, 3.05) is 13.2 Å². The van der Waals surface area contributed by atoms with E-state index in [9.17, 15) is 20.1 Å². The minimum atomic E-state index is -1.26. The molecule has 0 spiro atoms. The van der Waals surface area contributed by atoms with Crippen LogP contribution < -0.4 is 9.47 Å². The fraction of sp³-hybridized carbons (Fsp3) is 0.806. The summed E-state index contributed by atoms with van der Waals surface area (Å²) in [5.41, 5.74) is 0.181. The second kappa shape index (κ2) is 25.4. The molecule has 0 atom stereocenters. The second-order valence-corrected chi connectivity index (χ2v) is 12.0. The number of hydrogen-bond acceptors (Lipinski definition) is 5. The fourth-order valence-corrected chi connectivity index (χ4v) is 5.56. The van der Waals surface area contributed by atoms with Crippen molar-refractivity contribution in [3.63, 3.8) is 0 Å². The molecule has 1 rings (SSSR count). The molecule has 42 heavy (non-hydrogen) atoms.